The Kier molecular flexibility index (Phi) is 41.9. The second-order valence-electron chi connectivity index (χ2n) is 23.6. The van der Waals surface area contributed by atoms with E-state index in [-0.39, 0.29) is 142 Å². The van der Waals surface area contributed by atoms with Gasteiger partial charge in [0.25, 0.3) is 0 Å². The smallest absolute Gasteiger partial charge is 0.335 e. The lowest BCUT2D eigenvalue weighted by atomic mass is 9.96. The van der Waals surface area contributed by atoms with Crippen LogP contribution in [0.25, 0.3) is 0 Å². The van der Waals surface area contributed by atoms with Gasteiger partial charge in [-0.2, -0.15) is 0 Å². The predicted molar refractivity (Wildman–Crippen MR) is 355 cm³/mol. The summed E-state index contributed by atoms with van der Waals surface area (Å²) < 4.78 is 136. The van der Waals surface area contributed by atoms with Gasteiger partial charge in [-0.1, -0.05) is 0 Å². The normalized spacial score (nSPS) is 23.7. The molecule has 4 N–H and O–H groups in total. The average molecular weight is 1550 g/mol. The third-order valence-electron chi connectivity index (χ3n) is 14.6. The molecule has 0 aliphatic carbocycles. The Morgan fingerprint density at radius 1 is 0.315 bits per heavy atom. The first-order chi connectivity index (χ1) is 51.3. The molecule has 0 aromatic heterocycles. The summed E-state index contributed by atoms with van der Waals surface area (Å²) in [5.41, 5.74) is -0.253. The van der Waals surface area contributed by atoms with Crippen molar-refractivity contribution in [2.24, 2.45) is 0 Å². The maximum Gasteiger partial charge on any atom is 0.335 e. The number of hydrogen-bond donors (Lipinski definition) is 4. The van der Waals surface area contributed by atoms with Crippen molar-refractivity contribution < 1.29 is 181 Å². The summed E-state index contributed by atoms with van der Waals surface area (Å²) >= 11 is 0. The van der Waals surface area contributed by atoms with Crippen LogP contribution in [0.2, 0.25) is 0 Å². The number of carbonyl (C=O) groups excluding carboxylic acids is 12. The first-order valence-corrected chi connectivity index (χ1v) is 34.2. The van der Waals surface area contributed by atoms with Crippen molar-refractivity contribution in [2.75, 3.05) is 139 Å². The van der Waals surface area contributed by atoms with Gasteiger partial charge in [0.15, 0.2) is 67.0 Å². The highest BCUT2D eigenvalue weighted by Crippen LogP contribution is 2.40. The second-order valence-corrected chi connectivity index (χ2v) is 23.6. The van der Waals surface area contributed by atoms with Gasteiger partial charge in [0.05, 0.1) is 105 Å². The van der Waals surface area contributed by atoms with E-state index in [2.05, 4.69) is 16.0 Å². The van der Waals surface area contributed by atoms with Crippen LogP contribution in [-0.4, -0.2) is 313 Å². The molecule has 0 radical (unpaired) electrons. The highest BCUT2D eigenvalue weighted by atomic mass is 16.7. The summed E-state index contributed by atoms with van der Waals surface area (Å²) in [4.78, 5) is 158. The maximum atomic E-state index is 12.5. The fourth-order valence-electron chi connectivity index (χ4n) is 10.6. The molecule has 610 valence electrons. The van der Waals surface area contributed by atoms with Gasteiger partial charge in [0.2, 0.25) is 23.5 Å². The van der Waals surface area contributed by atoms with Crippen molar-refractivity contribution in [3.05, 3.63) is 17.7 Å². The lowest BCUT2D eigenvalue weighted by Gasteiger charge is -2.44. The van der Waals surface area contributed by atoms with Crippen LogP contribution in [0.3, 0.4) is 0 Å². The highest BCUT2D eigenvalue weighted by molar-refractivity contribution is 5.89. The lowest BCUT2D eigenvalue weighted by Crippen LogP contribution is -2.66. The van der Waals surface area contributed by atoms with Gasteiger partial charge in [-0.15, -0.1) is 0 Å². The van der Waals surface area contributed by atoms with Crippen LogP contribution >= 0.6 is 0 Å². The van der Waals surface area contributed by atoms with E-state index in [1.54, 1.807) is 0 Å². The van der Waals surface area contributed by atoms with Crippen LogP contribution in [0.15, 0.2) is 12.1 Å². The SMILES string of the molecule is CC(=O)N[C@H]1[C@H](OCCOCCOCCOc2cc(C(=O)O)cc(OCCOCCOCCOC3O[C@H](COC(C)=O)[C@H](OC(C)=O)[C@H](OC(C)=O)[C@H]3NC(C)=O)c2OCCOCCOCCO[C@@H]2O[C@H](COC(C)=O)[C@H](OC(C)=O)[C@H](OC(C)=O)[C@H]2NC(C)=O)O[C@H](COC(C)=O)[C@H](OC(C)=O)[C@@H]1OC(C)=O. The number of benzene rings is 1. The average Bonchev–Trinajstić information content (AvgIpc) is 0.811. The third kappa shape index (κ3) is 34.6. The number of carboxylic acid groups (broad SMARTS) is 1. The topological polar surface area (TPSA) is 500 Å². The number of ether oxygens (including phenoxy) is 24. The Bertz CT molecular complexity index is 2950. The highest BCUT2D eigenvalue weighted by Gasteiger charge is 2.54. The molecule has 1 unspecified atom stereocenters. The lowest BCUT2D eigenvalue weighted by molar-refractivity contribution is -0.279. The summed E-state index contributed by atoms with van der Waals surface area (Å²) in [7, 11) is 0. The van der Waals surface area contributed by atoms with Crippen LogP contribution in [0.4, 0.5) is 0 Å². The summed E-state index contributed by atoms with van der Waals surface area (Å²) in [6.45, 7) is 11.2. The number of aromatic carboxylic acids is 1. The molecule has 0 bridgehead atoms. The maximum absolute atomic E-state index is 12.5. The minimum absolute atomic E-state index is 0.0158. The monoisotopic (exact) mass is 1550 g/mol. The van der Waals surface area contributed by atoms with Crippen LogP contribution in [-0.2, 0) is 157 Å². The molecular formula is C67H99N3O38. The van der Waals surface area contributed by atoms with E-state index in [9.17, 15) is 67.4 Å². The molecule has 108 heavy (non-hydrogen) atoms. The summed E-state index contributed by atoms with van der Waals surface area (Å²) in [6, 6.07) is -1.17. The molecule has 3 saturated heterocycles. The van der Waals surface area contributed by atoms with E-state index in [1.807, 2.05) is 0 Å². The number of carboxylic acids is 1. The Labute approximate surface area is 621 Å². The summed E-state index contributed by atoms with van der Waals surface area (Å²) in [5, 5.41) is 18.0. The van der Waals surface area contributed by atoms with E-state index >= 15 is 0 Å². The zero-order valence-corrected chi connectivity index (χ0v) is 62.2. The van der Waals surface area contributed by atoms with Crippen LogP contribution in [0, 0.1) is 0 Å². The number of rotatable bonds is 49. The third-order valence-corrected chi connectivity index (χ3v) is 14.6. The predicted octanol–water partition coefficient (Wildman–Crippen LogP) is -1.36. The number of hydrogen-bond acceptors (Lipinski definition) is 37. The zero-order valence-electron chi connectivity index (χ0n) is 62.2. The van der Waals surface area contributed by atoms with Crippen molar-refractivity contribution in [3.8, 4) is 17.2 Å². The molecule has 0 spiro atoms. The minimum atomic E-state index is -1.35. The molecule has 0 saturated carbocycles. The molecule has 1 aromatic carbocycles. The van der Waals surface area contributed by atoms with E-state index in [1.165, 1.54) is 32.9 Å². The van der Waals surface area contributed by atoms with Crippen LogP contribution < -0.4 is 30.2 Å². The molecular weight excluding hydrogens is 1450 g/mol. The zero-order chi connectivity index (χ0) is 79.8. The van der Waals surface area contributed by atoms with E-state index in [0.717, 1.165) is 62.3 Å². The van der Waals surface area contributed by atoms with Crippen LogP contribution in [0.5, 0.6) is 17.2 Å². The molecule has 4 rings (SSSR count). The quantitative estimate of drug-likeness (QED) is 0.0332. The van der Waals surface area contributed by atoms with Gasteiger partial charge < -0.3 is 135 Å². The molecule has 3 fully saturated rings. The largest absolute Gasteiger partial charge is 0.487 e. The minimum Gasteiger partial charge on any atom is -0.487 e. The Balaban J connectivity index is 1.37. The molecule has 3 heterocycles. The van der Waals surface area contributed by atoms with Gasteiger partial charge in [-0.3, -0.25) is 57.5 Å². The fourth-order valence-corrected chi connectivity index (χ4v) is 10.6. The summed E-state index contributed by atoms with van der Waals surface area (Å²) in [6.07, 6.45) is -15.5. The Morgan fingerprint density at radius 2 is 0.546 bits per heavy atom. The van der Waals surface area contributed by atoms with Gasteiger partial charge >= 0.3 is 59.7 Å². The first-order valence-electron chi connectivity index (χ1n) is 34.2. The Morgan fingerprint density at radius 3 is 0.778 bits per heavy atom. The fraction of sp³-hybridized carbons (Fsp3) is 0.716. The van der Waals surface area contributed by atoms with Crippen molar-refractivity contribution in [1.82, 2.24) is 16.0 Å². The molecule has 41 heteroatoms. The van der Waals surface area contributed by atoms with Crippen molar-refractivity contribution in [2.45, 2.75) is 175 Å². The molecule has 15 atom stereocenters. The molecule has 1 aromatic rings. The van der Waals surface area contributed by atoms with Crippen molar-refractivity contribution in [1.29, 1.82) is 0 Å². The van der Waals surface area contributed by atoms with Gasteiger partial charge in [0.1, 0.15) is 76.1 Å². The van der Waals surface area contributed by atoms with E-state index in [4.69, 9.17) is 114 Å². The molecule has 41 nitrogen and oxygen atoms in total. The molecule has 3 aliphatic heterocycles. The standard InChI is InChI=1S/C67H99N3O38/c1-36(71)68-54-61(103-45(10)80)58(100-42(7)77)51(33-97-39(4)74)106-65(54)94-28-22-88-16-13-85-19-25-91-49-31-48(64(83)84)32-50(92-26-20-86-14-17-89-23-29-95-66-55(69-37(2)72)62(104-46(11)81)59(101-43(8)78)52(107-66)34-98-40(5)75)57(49)93-27-21-87-15-18-90-24-30-96-67-56(70-38(3)73)63(105-47(12)82)60(102-44(9)79)53(108-67)35-99-41(6)76/h31-32,51-56,58-63,65-67H,13-30,33-35H2,1-12H3,(H,68,71)(H,69,72)(H,70,73)(H,83,84)/t51-,52-,53-,54-,55-,56-,58+,59+,60+,61-,62-,63-,65-,66?,67-/m1/s1. The number of amides is 3. The van der Waals surface area contributed by atoms with Gasteiger partial charge in [-0.25, -0.2) is 4.79 Å². The first kappa shape index (κ1) is 91.6. The number of esters is 9. The number of nitrogens with one attached hydrogen (secondary N) is 3. The molecule has 3 amide bonds. The van der Waals surface area contributed by atoms with Crippen molar-refractivity contribution >= 4 is 77.4 Å². The van der Waals surface area contributed by atoms with Crippen LogP contribution in [0.1, 0.15) is 93.4 Å². The van der Waals surface area contributed by atoms with Gasteiger partial charge in [-0.05, 0) is 12.1 Å². The number of carbonyl (C=O) groups is 13. The van der Waals surface area contributed by atoms with E-state index in [0.29, 0.717) is 0 Å². The van der Waals surface area contributed by atoms with E-state index < -0.39 is 189 Å². The Hall–Kier alpha value is -8.75. The van der Waals surface area contributed by atoms with Crippen molar-refractivity contribution in [3.63, 3.8) is 0 Å². The molecule has 3 aliphatic rings. The summed E-state index contributed by atoms with van der Waals surface area (Å²) in [5.74, 6) is -9.93. The second kappa shape index (κ2) is 49.3. The van der Waals surface area contributed by atoms with Gasteiger partial charge in [0, 0.05) is 83.1 Å².